The van der Waals surface area contributed by atoms with Gasteiger partial charge in [-0.25, -0.2) is 4.98 Å². The van der Waals surface area contributed by atoms with Gasteiger partial charge in [0.25, 0.3) is 5.91 Å². The number of carbonyl (C=O) groups excluding carboxylic acids is 1. The van der Waals surface area contributed by atoms with Crippen molar-refractivity contribution in [2.45, 2.75) is 6.42 Å². The molecule has 0 spiro atoms. The summed E-state index contributed by atoms with van der Waals surface area (Å²) in [6, 6.07) is 13.3. The second kappa shape index (κ2) is 9.11. The number of halogens is 2. The predicted octanol–water partition coefficient (Wildman–Crippen LogP) is 4.72. The first-order chi connectivity index (χ1) is 15.0. The molecule has 0 bridgehead atoms. The summed E-state index contributed by atoms with van der Waals surface area (Å²) in [6.45, 7) is 1.30. The number of hydrogen-bond acceptors (Lipinski definition) is 4. The molecule has 1 amide bonds. The summed E-state index contributed by atoms with van der Waals surface area (Å²) in [6.07, 6.45) is 4.37. The van der Waals surface area contributed by atoms with Crippen LogP contribution in [0.5, 0.6) is 0 Å². The molecule has 0 aliphatic rings. The highest BCUT2D eigenvalue weighted by Gasteiger charge is 2.15. The Labute approximate surface area is 193 Å². The van der Waals surface area contributed by atoms with Gasteiger partial charge in [0.15, 0.2) is 5.65 Å². The molecule has 1 N–H and O–H groups in total. The van der Waals surface area contributed by atoms with Crippen molar-refractivity contribution >= 4 is 44.9 Å². The Morgan fingerprint density at radius 1 is 1.26 bits per heavy atom. The molecule has 1 aromatic carbocycles. The number of nitrogens with zero attached hydrogens (tertiary/aromatic N) is 5. The van der Waals surface area contributed by atoms with E-state index in [1.54, 1.807) is 15.6 Å². The number of rotatable bonds is 7. The maximum absolute atomic E-state index is 12.5. The fourth-order valence-corrected chi connectivity index (χ4v) is 3.96. The topological polar surface area (TPSA) is 67.5 Å². The third-order valence-electron chi connectivity index (χ3n) is 5.06. The Morgan fingerprint density at radius 2 is 2.06 bits per heavy atom. The van der Waals surface area contributed by atoms with Gasteiger partial charge < -0.3 is 14.8 Å². The average Bonchev–Trinajstić information content (AvgIpc) is 3.36. The van der Waals surface area contributed by atoms with Crippen molar-refractivity contribution in [3.05, 3.63) is 70.0 Å². The van der Waals surface area contributed by atoms with E-state index in [1.165, 1.54) is 0 Å². The lowest BCUT2D eigenvalue weighted by atomic mass is 10.1. The first-order valence-corrected chi connectivity index (χ1v) is 11.0. The van der Waals surface area contributed by atoms with Gasteiger partial charge in [0.2, 0.25) is 0 Å². The minimum atomic E-state index is 0.0100. The van der Waals surface area contributed by atoms with E-state index < -0.39 is 0 Å². The first-order valence-electron chi connectivity index (χ1n) is 9.85. The number of aryl methyl sites for hydroxylation is 1. The van der Waals surface area contributed by atoms with Gasteiger partial charge in [-0.3, -0.25) is 4.79 Å². The number of carbonyl (C=O) groups is 1. The minimum absolute atomic E-state index is 0.0100. The van der Waals surface area contributed by atoms with Gasteiger partial charge in [-0.1, -0.05) is 29.8 Å². The molecule has 4 aromatic rings. The van der Waals surface area contributed by atoms with Crippen LogP contribution in [0, 0.1) is 0 Å². The second-order valence-corrected chi connectivity index (χ2v) is 8.51. The Bertz CT molecular complexity index is 1230. The quantitative estimate of drug-likeness (QED) is 0.372. The Balaban J connectivity index is 1.48. The van der Waals surface area contributed by atoms with E-state index in [0.29, 0.717) is 29.5 Å². The highest BCUT2D eigenvalue weighted by atomic mass is 79.9. The number of amides is 1. The number of nitrogens with one attached hydrogen (secondary N) is 1. The van der Waals surface area contributed by atoms with Gasteiger partial charge in [-0.2, -0.15) is 9.61 Å². The van der Waals surface area contributed by atoms with Crippen LogP contribution in [0.4, 0.5) is 5.82 Å². The molecule has 3 aromatic heterocycles. The fourth-order valence-electron chi connectivity index (χ4n) is 3.38. The lowest BCUT2D eigenvalue weighted by Gasteiger charge is -2.18. The first kappa shape index (κ1) is 21.4. The van der Waals surface area contributed by atoms with Crippen LogP contribution in [-0.2, 0) is 7.05 Å². The van der Waals surface area contributed by atoms with Crippen LogP contribution in [0.25, 0.3) is 16.9 Å². The number of anilines is 1. The summed E-state index contributed by atoms with van der Waals surface area (Å²) in [5.41, 5.74) is 3.00. The maximum Gasteiger partial charge on any atom is 0.270 e. The van der Waals surface area contributed by atoms with Crippen molar-refractivity contribution in [2.24, 2.45) is 7.05 Å². The van der Waals surface area contributed by atoms with E-state index in [1.807, 2.05) is 67.3 Å². The fraction of sp³-hybridized carbons (Fsp3) is 0.227. The van der Waals surface area contributed by atoms with Crippen LogP contribution >= 0.6 is 27.5 Å². The van der Waals surface area contributed by atoms with Crippen molar-refractivity contribution < 1.29 is 4.79 Å². The Morgan fingerprint density at radius 3 is 2.81 bits per heavy atom. The molecule has 3 heterocycles. The highest BCUT2D eigenvalue weighted by molar-refractivity contribution is 9.10. The van der Waals surface area contributed by atoms with Crippen LogP contribution in [0.2, 0.25) is 5.02 Å². The number of hydrogen-bond donors (Lipinski definition) is 1. The smallest absolute Gasteiger partial charge is 0.270 e. The molecular weight excluding hydrogens is 480 g/mol. The standard InChI is InChI=1S/C22H22BrClN6O/c1-28-11-5-9-19(28)22(31)29(2)12-6-10-25-20-13-18(15-7-3-4-8-17(15)24)27-21-16(23)14-26-30(20)21/h3-5,7-9,11,13-14,25H,6,10,12H2,1-2H3. The van der Waals surface area contributed by atoms with Crippen molar-refractivity contribution in [2.75, 3.05) is 25.5 Å². The Hall–Kier alpha value is -2.84. The number of fused-ring (bicyclic) bond motifs is 1. The van der Waals surface area contributed by atoms with Crippen LogP contribution in [0.1, 0.15) is 16.9 Å². The van der Waals surface area contributed by atoms with Crippen molar-refractivity contribution in [1.82, 2.24) is 24.1 Å². The molecule has 4 rings (SSSR count). The molecular formula is C22H22BrClN6O. The monoisotopic (exact) mass is 500 g/mol. The van der Waals surface area contributed by atoms with Gasteiger partial charge in [-0.05, 0) is 40.5 Å². The molecule has 31 heavy (non-hydrogen) atoms. The van der Waals surface area contributed by atoms with E-state index in [9.17, 15) is 4.79 Å². The van der Waals surface area contributed by atoms with E-state index >= 15 is 0 Å². The largest absolute Gasteiger partial charge is 0.370 e. The number of benzene rings is 1. The van der Waals surface area contributed by atoms with Gasteiger partial charge in [0.1, 0.15) is 11.5 Å². The zero-order chi connectivity index (χ0) is 22.0. The molecule has 7 nitrogen and oxygen atoms in total. The van der Waals surface area contributed by atoms with Gasteiger partial charge in [-0.15, -0.1) is 0 Å². The van der Waals surface area contributed by atoms with E-state index in [-0.39, 0.29) is 5.91 Å². The Kier molecular flexibility index (Phi) is 6.29. The molecule has 9 heteroatoms. The molecule has 0 saturated heterocycles. The normalized spacial score (nSPS) is 11.1. The van der Waals surface area contributed by atoms with E-state index in [2.05, 4.69) is 26.3 Å². The van der Waals surface area contributed by atoms with Gasteiger partial charge in [0, 0.05) is 50.0 Å². The SMILES string of the molecule is CN(CCCNc1cc(-c2ccccc2Cl)nc2c(Br)cnn12)C(=O)c1cccn1C. The molecule has 0 atom stereocenters. The van der Waals surface area contributed by atoms with Crippen molar-refractivity contribution in [1.29, 1.82) is 0 Å². The second-order valence-electron chi connectivity index (χ2n) is 7.25. The van der Waals surface area contributed by atoms with Crippen molar-refractivity contribution in [3.63, 3.8) is 0 Å². The van der Waals surface area contributed by atoms with Gasteiger partial charge >= 0.3 is 0 Å². The molecule has 0 radical (unpaired) electrons. The third kappa shape index (κ3) is 4.45. The molecule has 0 aliphatic heterocycles. The van der Waals surface area contributed by atoms with Crippen LogP contribution < -0.4 is 5.32 Å². The summed E-state index contributed by atoms with van der Waals surface area (Å²) in [7, 11) is 3.69. The van der Waals surface area contributed by atoms with E-state index in [0.717, 1.165) is 28.0 Å². The van der Waals surface area contributed by atoms with Crippen LogP contribution in [0.15, 0.2) is 59.3 Å². The minimum Gasteiger partial charge on any atom is -0.370 e. The third-order valence-corrected chi connectivity index (χ3v) is 5.95. The predicted molar refractivity (Wildman–Crippen MR) is 127 cm³/mol. The summed E-state index contributed by atoms with van der Waals surface area (Å²) < 4.78 is 4.39. The summed E-state index contributed by atoms with van der Waals surface area (Å²) >= 11 is 9.90. The molecule has 0 fully saturated rings. The molecule has 0 aliphatic carbocycles. The highest BCUT2D eigenvalue weighted by Crippen LogP contribution is 2.30. The van der Waals surface area contributed by atoms with Crippen LogP contribution in [-0.4, -0.2) is 50.1 Å². The zero-order valence-electron chi connectivity index (χ0n) is 17.2. The molecule has 0 saturated carbocycles. The molecule has 0 unspecified atom stereocenters. The van der Waals surface area contributed by atoms with Crippen molar-refractivity contribution in [3.8, 4) is 11.3 Å². The summed E-state index contributed by atoms with van der Waals surface area (Å²) in [5.74, 6) is 0.817. The lowest BCUT2D eigenvalue weighted by molar-refractivity contribution is 0.0785. The van der Waals surface area contributed by atoms with Gasteiger partial charge in [0.05, 0.1) is 16.4 Å². The molecule has 160 valence electrons. The van der Waals surface area contributed by atoms with Crippen LogP contribution in [0.3, 0.4) is 0 Å². The lowest BCUT2D eigenvalue weighted by Crippen LogP contribution is -2.30. The summed E-state index contributed by atoms with van der Waals surface area (Å²) in [5, 5.41) is 8.47. The summed E-state index contributed by atoms with van der Waals surface area (Å²) in [4.78, 5) is 19.0. The maximum atomic E-state index is 12.5. The van der Waals surface area contributed by atoms with E-state index in [4.69, 9.17) is 16.6 Å². The number of aromatic nitrogens is 4. The zero-order valence-corrected chi connectivity index (χ0v) is 19.6. The average molecular weight is 502 g/mol.